The summed E-state index contributed by atoms with van der Waals surface area (Å²) in [6.07, 6.45) is 7.79. The molecule has 3 heteroatoms. The molecule has 0 aromatic carbocycles. The van der Waals surface area contributed by atoms with Gasteiger partial charge >= 0.3 is 0 Å². The molecule has 1 aliphatic carbocycles. The van der Waals surface area contributed by atoms with E-state index in [4.69, 9.17) is 0 Å². The third-order valence-electron chi connectivity index (χ3n) is 4.82. The van der Waals surface area contributed by atoms with E-state index in [1.165, 1.54) is 43.5 Å². The zero-order valence-electron chi connectivity index (χ0n) is 14.6. The van der Waals surface area contributed by atoms with E-state index in [2.05, 4.69) is 55.9 Å². The predicted molar refractivity (Wildman–Crippen MR) is 89.5 cm³/mol. The van der Waals surface area contributed by atoms with E-state index in [-0.39, 0.29) is 5.54 Å². The zero-order valence-corrected chi connectivity index (χ0v) is 14.6. The summed E-state index contributed by atoms with van der Waals surface area (Å²) in [6.45, 7) is 10.1. The Balaban J connectivity index is 1.99. The number of hydrogen-bond donors (Lipinski definition) is 1. The average Bonchev–Trinajstić information content (AvgIpc) is 2.78. The van der Waals surface area contributed by atoms with Gasteiger partial charge in [0.05, 0.1) is 5.69 Å². The second-order valence-electron chi connectivity index (χ2n) is 7.74. The molecular weight excluding hydrogens is 258 g/mol. The molecule has 1 aromatic rings. The topological polar surface area (TPSA) is 29.9 Å². The second-order valence-corrected chi connectivity index (χ2v) is 7.74. The first kappa shape index (κ1) is 16.5. The summed E-state index contributed by atoms with van der Waals surface area (Å²) in [4.78, 5) is 0. The van der Waals surface area contributed by atoms with Gasteiger partial charge in [-0.1, -0.05) is 19.8 Å². The summed E-state index contributed by atoms with van der Waals surface area (Å²) in [6, 6.07) is 2.31. The standard InChI is InChI=1S/C18H33N3/c1-6-16-12-17(21(5)20-16)11-14-9-7-8-10-15(14)13-19-18(2,3)4/h12,14-15,19H,6-11,13H2,1-5H3. The lowest BCUT2D eigenvalue weighted by Crippen LogP contribution is -2.41. The summed E-state index contributed by atoms with van der Waals surface area (Å²) in [5.41, 5.74) is 2.87. The fourth-order valence-electron chi connectivity index (χ4n) is 3.46. The van der Waals surface area contributed by atoms with Crippen molar-refractivity contribution in [1.82, 2.24) is 15.1 Å². The highest BCUT2D eigenvalue weighted by Gasteiger charge is 2.27. The normalized spacial score (nSPS) is 23.5. The molecule has 0 radical (unpaired) electrons. The maximum absolute atomic E-state index is 4.61. The first-order chi connectivity index (χ1) is 9.89. The Labute approximate surface area is 130 Å². The zero-order chi connectivity index (χ0) is 15.5. The van der Waals surface area contributed by atoms with Crippen LogP contribution in [0, 0.1) is 11.8 Å². The number of aromatic nitrogens is 2. The van der Waals surface area contributed by atoms with Crippen molar-refractivity contribution in [2.45, 2.75) is 71.8 Å². The van der Waals surface area contributed by atoms with Gasteiger partial charge in [0.25, 0.3) is 0 Å². The third kappa shape index (κ3) is 4.84. The first-order valence-corrected chi connectivity index (χ1v) is 8.66. The molecule has 0 spiro atoms. The van der Waals surface area contributed by atoms with E-state index in [1.807, 2.05) is 0 Å². The lowest BCUT2D eigenvalue weighted by molar-refractivity contribution is 0.211. The lowest BCUT2D eigenvalue weighted by Gasteiger charge is -2.34. The number of nitrogens with zero attached hydrogens (tertiary/aromatic N) is 2. The summed E-state index contributed by atoms with van der Waals surface area (Å²) in [5, 5.41) is 8.32. The molecule has 1 fully saturated rings. The molecule has 2 unspecified atom stereocenters. The molecule has 1 N–H and O–H groups in total. The van der Waals surface area contributed by atoms with E-state index in [0.717, 1.165) is 24.8 Å². The Bertz CT molecular complexity index is 442. The van der Waals surface area contributed by atoms with Crippen LogP contribution in [0.4, 0.5) is 0 Å². The van der Waals surface area contributed by atoms with Crippen LogP contribution in [0.2, 0.25) is 0 Å². The van der Waals surface area contributed by atoms with E-state index >= 15 is 0 Å². The van der Waals surface area contributed by atoms with Crippen LogP contribution in [0.1, 0.15) is 64.8 Å². The largest absolute Gasteiger partial charge is 0.312 e. The average molecular weight is 291 g/mol. The van der Waals surface area contributed by atoms with Crippen LogP contribution in [-0.2, 0) is 19.9 Å². The van der Waals surface area contributed by atoms with Gasteiger partial charge in [-0.25, -0.2) is 0 Å². The van der Waals surface area contributed by atoms with Crippen LogP contribution in [0.15, 0.2) is 6.07 Å². The van der Waals surface area contributed by atoms with Crippen LogP contribution in [0.5, 0.6) is 0 Å². The summed E-state index contributed by atoms with van der Waals surface area (Å²) in [5.74, 6) is 1.63. The summed E-state index contributed by atoms with van der Waals surface area (Å²) < 4.78 is 2.10. The molecule has 21 heavy (non-hydrogen) atoms. The van der Waals surface area contributed by atoms with Crippen molar-refractivity contribution in [2.75, 3.05) is 6.54 Å². The highest BCUT2D eigenvalue weighted by atomic mass is 15.3. The van der Waals surface area contributed by atoms with Gasteiger partial charge in [-0.3, -0.25) is 4.68 Å². The Morgan fingerprint density at radius 1 is 1.24 bits per heavy atom. The van der Waals surface area contributed by atoms with Crippen molar-refractivity contribution in [2.24, 2.45) is 18.9 Å². The minimum Gasteiger partial charge on any atom is -0.312 e. The minimum absolute atomic E-state index is 0.226. The molecule has 2 rings (SSSR count). The fourth-order valence-corrected chi connectivity index (χ4v) is 3.46. The van der Waals surface area contributed by atoms with Crippen LogP contribution < -0.4 is 5.32 Å². The van der Waals surface area contributed by atoms with E-state index < -0.39 is 0 Å². The number of hydrogen-bond acceptors (Lipinski definition) is 2. The van der Waals surface area contributed by atoms with Gasteiger partial charge in [0, 0.05) is 18.3 Å². The van der Waals surface area contributed by atoms with E-state index in [0.29, 0.717) is 0 Å². The smallest absolute Gasteiger partial charge is 0.0624 e. The second kappa shape index (κ2) is 6.95. The maximum atomic E-state index is 4.61. The number of nitrogens with one attached hydrogen (secondary N) is 1. The number of rotatable bonds is 5. The monoisotopic (exact) mass is 291 g/mol. The van der Waals surface area contributed by atoms with Gasteiger partial charge in [0.2, 0.25) is 0 Å². The molecule has 0 aliphatic heterocycles. The summed E-state index contributed by atoms with van der Waals surface area (Å²) in [7, 11) is 2.10. The van der Waals surface area contributed by atoms with Crippen LogP contribution >= 0.6 is 0 Å². The molecule has 0 amide bonds. The van der Waals surface area contributed by atoms with Gasteiger partial charge in [-0.15, -0.1) is 0 Å². The van der Waals surface area contributed by atoms with Gasteiger partial charge in [-0.05, 0) is 70.9 Å². The van der Waals surface area contributed by atoms with Crippen molar-refractivity contribution in [1.29, 1.82) is 0 Å². The molecular formula is C18H33N3. The van der Waals surface area contributed by atoms with E-state index in [9.17, 15) is 0 Å². The third-order valence-corrected chi connectivity index (χ3v) is 4.82. The first-order valence-electron chi connectivity index (χ1n) is 8.66. The molecule has 1 aromatic heterocycles. The molecule has 1 saturated carbocycles. The van der Waals surface area contributed by atoms with Crippen LogP contribution in [-0.4, -0.2) is 21.9 Å². The highest BCUT2D eigenvalue weighted by Crippen LogP contribution is 2.32. The predicted octanol–water partition coefficient (Wildman–Crippen LogP) is 3.72. The van der Waals surface area contributed by atoms with Crippen molar-refractivity contribution < 1.29 is 0 Å². The SMILES string of the molecule is CCc1cc(CC2CCCCC2CNC(C)(C)C)n(C)n1. The van der Waals surface area contributed by atoms with Crippen molar-refractivity contribution in [3.8, 4) is 0 Å². The van der Waals surface area contributed by atoms with Crippen molar-refractivity contribution in [3.63, 3.8) is 0 Å². The molecule has 1 aliphatic rings. The van der Waals surface area contributed by atoms with Crippen LogP contribution in [0.3, 0.4) is 0 Å². The van der Waals surface area contributed by atoms with Gasteiger partial charge in [0.1, 0.15) is 0 Å². The minimum atomic E-state index is 0.226. The summed E-state index contributed by atoms with van der Waals surface area (Å²) >= 11 is 0. The molecule has 0 saturated heterocycles. The number of aryl methyl sites for hydroxylation is 2. The Morgan fingerprint density at radius 3 is 2.48 bits per heavy atom. The van der Waals surface area contributed by atoms with Gasteiger partial charge in [0.15, 0.2) is 0 Å². The fraction of sp³-hybridized carbons (Fsp3) is 0.833. The molecule has 120 valence electrons. The highest BCUT2D eigenvalue weighted by molar-refractivity contribution is 5.11. The van der Waals surface area contributed by atoms with Crippen molar-refractivity contribution >= 4 is 0 Å². The lowest BCUT2D eigenvalue weighted by atomic mass is 9.76. The van der Waals surface area contributed by atoms with Gasteiger partial charge < -0.3 is 5.32 Å². The van der Waals surface area contributed by atoms with Crippen LogP contribution in [0.25, 0.3) is 0 Å². The Morgan fingerprint density at radius 2 is 1.90 bits per heavy atom. The Hall–Kier alpha value is -0.830. The molecule has 1 heterocycles. The Kier molecular flexibility index (Phi) is 5.48. The maximum Gasteiger partial charge on any atom is 0.0624 e. The van der Waals surface area contributed by atoms with Crippen molar-refractivity contribution in [3.05, 3.63) is 17.5 Å². The molecule has 0 bridgehead atoms. The molecule has 3 nitrogen and oxygen atoms in total. The van der Waals surface area contributed by atoms with E-state index in [1.54, 1.807) is 0 Å². The quantitative estimate of drug-likeness (QED) is 0.896. The molecule has 2 atom stereocenters. The van der Waals surface area contributed by atoms with Gasteiger partial charge in [-0.2, -0.15) is 5.10 Å².